The fourth-order valence-corrected chi connectivity index (χ4v) is 6.70. The van der Waals surface area contributed by atoms with E-state index >= 15 is 0 Å². The number of aryl methyl sites for hydroxylation is 1. The Bertz CT molecular complexity index is 1550. The predicted molar refractivity (Wildman–Crippen MR) is 161 cm³/mol. The van der Waals surface area contributed by atoms with E-state index in [4.69, 9.17) is 4.98 Å². The molecule has 4 aromatic rings. The molecule has 5 nitrogen and oxygen atoms in total. The highest BCUT2D eigenvalue weighted by atomic mass is 19.4. The monoisotopic (exact) mass is 572 g/mol. The maximum atomic E-state index is 13.7. The molecule has 0 bridgehead atoms. The number of halogens is 3. The quantitative estimate of drug-likeness (QED) is 0.246. The molecule has 1 aromatic heterocycles. The highest BCUT2D eigenvalue weighted by Crippen LogP contribution is 2.51. The molecule has 3 aromatic carbocycles. The van der Waals surface area contributed by atoms with E-state index in [1.807, 2.05) is 60.7 Å². The van der Waals surface area contributed by atoms with E-state index < -0.39 is 24.0 Å². The molecular weight excluding hydrogens is 537 g/mol. The largest absolute Gasteiger partial charge is 0.405 e. The van der Waals surface area contributed by atoms with Gasteiger partial charge in [-0.15, -0.1) is 0 Å². The number of unbranched alkanes of at least 4 members (excludes halogenated alkanes) is 1. The lowest BCUT2D eigenvalue weighted by Gasteiger charge is -2.36. The number of piperazine rings is 1. The van der Waals surface area contributed by atoms with Crippen molar-refractivity contribution >= 4 is 22.6 Å². The summed E-state index contributed by atoms with van der Waals surface area (Å²) in [7, 11) is 0. The summed E-state index contributed by atoms with van der Waals surface area (Å²) in [6.45, 7) is 5.26. The topological polar surface area (TPSA) is 48.5 Å². The molecule has 2 heterocycles. The smallest absolute Gasteiger partial charge is 0.354 e. The van der Waals surface area contributed by atoms with Crippen LogP contribution in [0.3, 0.4) is 0 Å². The van der Waals surface area contributed by atoms with Crippen LogP contribution in [0.2, 0.25) is 0 Å². The Kier molecular flexibility index (Phi) is 7.66. The van der Waals surface area contributed by atoms with Crippen LogP contribution in [0.25, 0.3) is 22.0 Å². The third-order valence-corrected chi connectivity index (χ3v) is 8.78. The van der Waals surface area contributed by atoms with Crippen molar-refractivity contribution in [3.05, 3.63) is 95.6 Å². The average Bonchev–Trinajstić information content (AvgIpc) is 3.29. The number of hydrogen-bond acceptors (Lipinski definition) is 4. The third kappa shape index (κ3) is 5.36. The molecule has 0 unspecified atom stereocenters. The molecule has 0 saturated carbocycles. The van der Waals surface area contributed by atoms with Gasteiger partial charge in [0.2, 0.25) is 5.91 Å². The van der Waals surface area contributed by atoms with E-state index in [1.165, 1.54) is 10.9 Å². The second-order valence-electron chi connectivity index (χ2n) is 11.4. The molecule has 1 N–H and O–H groups in total. The number of anilines is 1. The molecule has 1 saturated heterocycles. The summed E-state index contributed by atoms with van der Waals surface area (Å²) in [4.78, 5) is 23.3. The van der Waals surface area contributed by atoms with Crippen molar-refractivity contribution in [2.45, 2.75) is 37.8 Å². The van der Waals surface area contributed by atoms with Crippen molar-refractivity contribution in [3.8, 4) is 11.1 Å². The van der Waals surface area contributed by atoms with Gasteiger partial charge in [0.25, 0.3) is 0 Å². The zero-order valence-electron chi connectivity index (χ0n) is 23.8. The first-order valence-corrected chi connectivity index (χ1v) is 14.6. The highest BCUT2D eigenvalue weighted by Gasteiger charge is 2.49. The number of alkyl halides is 3. The van der Waals surface area contributed by atoms with E-state index in [0.717, 1.165) is 72.7 Å². The molecule has 1 fully saturated rings. The number of para-hydroxylation sites is 1. The Morgan fingerprint density at radius 3 is 2.17 bits per heavy atom. The van der Waals surface area contributed by atoms with E-state index in [-0.39, 0.29) is 0 Å². The fraction of sp³-hybridized carbons (Fsp3) is 0.353. The Hall–Kier alpha value is -3.91. The number of nitrogens with one attached hydrogen (secondary N) is 1. The van der Waals surface area contributed by atoms with Gasteiger partial charge in [-0.05, 0) is 66.3 Å². The summed E-state index contributed by atoms with van der Waals surface area (Å²) >= 11 is 0. The van der Waals surface area contributed by atoms with Crippen molar-refractivity contribution in [1.29, 1.82) is 0 Å². The van der Waals surface area contributed by atoms with Gasteiger partial charge >= 0.3 is 6.18 Å². The minimum atomic E-state index is -4.47. The molecule has 2 aliphatic rings. The summed E-state index contributed by atoms with van der Waals surface area (Å²) in [5.74, 6) is 0.431. The summed E-state index contributed by atoms with van der Waals surface area (Å²) in [5.41, 5.74) is 4.51. The van der Waals surface area contributed by atoms with Crippen molar-refractivity contribution in [2.75, 3.05) is 44.2 Å². The highest BCUT2D eigenvalue weighted by molar-refractivity contribution is 6.00. The predicted octanol–water partition coefficient (Wildman–Crippen LogP) is 6.48. The minimum absolute atomic E-state index is 0.449. The number of rotatable bonds is 8. The average molecular weight is 573 g/mol. The lowest BCUT2D eigenvalue weighted by Crippen LogP contribution is -2.48. The van der Waals surface area contributed by atoms with Crippen LogP contribution >= 0.6 is 0 Å². The molecule has 6 rings (SSSR count). The maximum absolute atomic E-state index is 13.7. The van der Waals surface area contributed by atoms with Gasteiger partial charge in [0, 0.05) is 31.6 Å². The molecule has 8 heteroatoms. The summed E-state index contributed by atoms with van der Waals surface area (Å²) in [6.07, 6.45) is -2.46. The van der Waals surface area contributed by atoms with Gasteiger partial charge in [0.1, 0.15) is 17.8 Å². The van der Waals surface area contributed by atoms with Gasteiger partial charge < -0.3 is 10.2 Å². The number of carbonyl (C=O) groups excluding carboxylic acids is 1. The molecule has 218 valence electrons. The Labute approximate surface area is 244 Å². The van der Waals surface area contributed by atoms with Crippen LogP contribution < -0.4 is 10.2 Å². The number of aromatic nitrogens is 1. The van der Waals surface area contributed by atoms with Crippen molar-refractivity contribution in [3.63, 3.8) is 0 Å². The second kappa shape index (κ2) is 11.4. The second-order valence-corrected chi connectivity index (χ2v) is 11.4. The van der Waals surface area contributed by atoms with Gasteiger partial charge in [-0.2, -0.15) is 13.2 Å². The van der Waals surface area contributed by atoms with E-state index in [0.29, 0.717) is 12.8 Å². The minimum Gasteiger partial charge on any atom is -0.354 e. The Morgan fingerprint density at radius 2 is 1.50 bits per heavy atom. The maximum Gasteiger partial charge on any atom is 0.405 e. The lowest BCUT2D eigenvalue weighted by molar-refractivity contribution is -0.141. The molecule has 0 radical (unpaired) electrons. The molecule has 1 aliphatic carbocycles. The number of fused-ring (bicyclic) bond motifs is 4. The van der Waals surface area contributed by atoms with Crippen molar-refractivity contribution in [2.24, 2.45) is 0 Å². The number of pyridine rings is 1. The van der Waals surface area contributed by atoms with Gasteiger partial charge in [-0.25, -0.2) is 4.98 Å². The molecule has 0 atom stereocenters. The van der Waals surface area contributed by atoms with Crippen molar-refractivity contribution in [1.82, 2.24) is 15.2 Å². The lowest BCUT2D eigenvalue weighted by atomic mass is 9.73. The molecule has 1 amide bonds. The fourth-order valence-electron chi connectivity index (χ4n) is 6.70. The summed E-state index contributed by atoms with van der Waals surface area (Å²) in [5, 5.41) is 3.41. The van der Waals surface area contributed by atoms with Crippen LogP contribution in [0.4, 0.5) is 19.0 Å². The van der Waals surface area contributed by atoms with E-state index in [2.05, 4.69) is 40.2 Å². The summed E-state index contributed by atoms with van der Waals surface area (Å²) < 4.78 is 39.4. The van der Waals surface area contributed by atoms with Crippen molar-refractivity contribution < 1.29 is 18.0 Å². The molecule has 0 spiro atoms. The van der Waals surface area contributed by atoms with Crippen LogP contribution in [-0.4, -0.2) is 61.2 Å². The number of benzene rings is 3. The first kappa shape index (κ1) is 28.2. The zero-order chi connectivity index (χ0) is 29.3. The molecular formula is C34H35F3N4O. The van der Waals surface area contributed by atoms with E-state index in [1.54, 1.807) is 0 Å². The van der Waals surface area contributed by atoms with Crippen LogP contribution in [0.5, 0.6) is 0 Å². The number of hydrogen-bond donors (Lipinski definition) is 1. The van der Waals surface area contributed by atoms with Crippen LogP contribution in [0, 0.1) is 6.92 Å². The first-order valence-electron chi connectivity index (χ1n) is 14.6. The number of carbonyl (C=O) groups is 1. The molecule has 42 heavy (non-hydrogen) atoms. The van der Waals surface area contributed by atoms with Crippen LogP contribution in [0.1, 0.15) is 36.0 Å². The van der Waals surface area contributed by atoms with Gasteiger partial charge in [-0.1, -0.05) is 73.2 Å². The summed E-state index contributed by atoms with van der Waals surface area (Å²) in [6, 6.07) is 25.6. The third-order valence-electron chi connectivity index (χ3n) is 8.78. The SMILES string of the molecule is Cc1cc(N2CCN(CCCCC3(C(=O)NCC(F)(F)F)c4ccccc4-c4ccccc43)CC2)nc2ccccc12. The standard InChI is InChI=1S/C34H35F3N4O/c1-24-22-31(39-30-15-7-4-10-25(24)30)41-20-18-40(19-21-41)17-9-8-16-33(32(42)38-23-34(35,36)37)28-13-5-2-11-26(28)27-12-3-6-14-29(27)33/h2-7,10-15,22H,8-9,16-21,23H2,1H3,(H,38,42). The van der Waals surface area contributed by atoms with Gasteiger partial charge in [0.15, 0.2) is 0 Å². The Morgan fingerprint density at radius 1 is 0.881 bits per heavy atom. The first-order chi connectivity index (χ1) is 20.3. The van der Waals surface area contributed by atoms with Gasteiger partial charge in [-0.3, -0.25) is 9.69 Å². The normalized spacial score (nSPS) is 16.3. The number of amides is 1. The number of nitrogens with zero attached hydrogens (tertiary/aromatic N) is 3. The zero-order valence-corrected chi connectivity index (χ0v) is 23.8. The van der Waals surface area contributed by atoms with Crippen LogP contribution in [-0.2, 0) is 10.2 Å². The van der Waals surface area contributed by atoms with Gasteiger partial charge in [0.05, 0.1) is 5.52 Å². The Balaban J connectivity index is 1.12. The molecule has 1 aliphatic heterocycles. The van der Waals surface area contributed by atoms with E-state index in [9.17, 15) is 18.0 Å². The van der Waals surface area contributed by atoms with Crippen LogP contribution in [0.15, 0.2) is 78.9 Å².